The Morgan fingerprint density at radius 1 is 1.05 bits per heavy atom. The van der Waals surface area contributed by atoms with Crippen LogP contribution in [-0.4, -0.2) is 24.8 Å². The average molecular weight is 325 g/mol. The van der Waals surface area contributed by atoms with Crippen LogP contribution in [0.15, 0.2) is 16.6 Å². The molecule has 0 amide bonds. The van der Waals surface area contributed by atoms with Gasteiger partial charge in [-0.15, -0.1) is 0 Å². The molecule has 1 aliphatic carbocycles. The van der Waals surface area contributed by atoms with Gasteiger partial charge >= 0.3 is 0 Å². The maximum Gasteiger partial charge on any atom is 0.175 e. The zero-order valence-electron chi connectivity index (χ0n) is 10.3. The van der Waals surface area contributed by atoms with Crippen molar-refractivity contribution >= 4 is 27.5 Å². The molecular formula is C14H13BrO4. The summed E-state index contributed by atoms with van der Waals surface area (Å²) in [4.78, 5) is 23.1. The van der Waals surface area contributed by atoms with Crippen molar-refractivity contribution in [1.29, 1.82) is 0 Å². The van der Waals surface area contributed by atoms with E-state index in [1.165, 1.54) is 0 Å². The van der Waals surface area contributed by atoms with Gasteiger partial charge in [0.05, 0.1) is 10.9 Å². The van der Waals surface area contributed by atoms with Crippen LogP contribution in [0.25, 0.3) is 0 Å². The van der Waals surface area contributed by atoms with E-state index in [1.54, 1.807) is 0 Å². The molecule has 0 N–H and O–H groups in total. The summed E-state index contributed by atoms with van der Waals surface area (Å²) in [6.45, 7) is 1.05. The molecule has 0 unspecified atom stereocenters. The van der Waals surface area contributed by atoms with Crippen LogP contribution < -0.4 is 9.47 Å². The van der Waals surface area contributed by atoms with Gasteiger partial charge in [0.1, 0.15) is 24.8 Å². The standard InChI is InChI=1S/C14H13BrO4/c15-12-5-9(6-13-14(12)19-2-1-18-13)8-3-10(16)7-11(17)4-8/h5-6,8H,1-4,7H2. The zero-order chi connectivity index (χ0) is 13.4. The fourth-order valence-corrected chi connectivity index (χ4v) is 3.16. The first-order valence-corrected chi connectivity index (χ1v) is 7.05. The summed E-state index contributed by atoms with van der Waals surface area (Å²) in [5.74, 6) is 1.38. The normalized spacial score (nSPS) is 19.6. The number of ether oxygens (including phenoxy) is 2. The second kappa shape index (κ2) is 4.96. The van der Waals surface area contributed by atoms with Crippen molar-refractivity contribution in [3.05, 3.63) is 22.2 Å². The van der Waals surface area contributed by atoms with Crippen LogP contribution in [0, 0.1) is 0 Å². The molecule has 19 heavy (non-hydrogen) atoms. The Balaban J connectivity index is 1.94. The molecule has 100 valence electrons. The van der Waals surface area contributed by atoms with Crippen LogP contribution in [0.5, 0.6) is 11.5 Å². The van der Waals surface area contributed by atoms with Gasteiger partial charge < -0.3 is 9.47 Å². The van der Waals surface area contributed by atoms with Gasteiger partial charge in [0.25, 0.3) is 0 Å². The second-order valence-corrected chi connectivity index (χ2v) is 5.74. The maximum absolute atomic E-state index is 11.5. The third-order valence-electron chi connectivity index (χ3n) is 3.43. The smallest absolute Gasteiger partial charge is 0.175 e. The van der Waals surface area contributed by atoms with E-state index in [0.29, 0.717) is 37.6 Å². The van der Waals surface area contributed by atoms with Gasteiger partial charge in [0.15, 0.2) is 11.5 Å². The Hall–Kier alpha value is -1.36. The van der Waals surface area contributed by atoms with Gasteiger partial charge in [0, 0.05) is 12.8 Å². The predicted molar refractivity (Wildman–Crippen MR) is 71.7 cm³/mol. The van der Waals surface area contributed by atoms with Crippen LogP contribution in [0.4, 0.5) is 0 Å². The van der Waals surface area contributed by atoms with Crippen molar-refractivity contribution in [1.82, 2.24) is 0 Å². The summed E-state index contributed by atoms with van der Waals surface area (Å²) in [7, 11) is 0. The lowest BCUT2D eigenvalue weighted by molar-refractivity contribution is -0.130. The van der Waals surface area contributed by atoms with Gasteiger partial charge in [-0.25, -0.2) is 0 Å². The monoisotopic (exact) mass is 324 g/mol. The van der Waals surface area contributed by atoms with Gasteiger partial charge in [0.2, 0.25) is 0 Å². The summed E-state index contributed by atoms with van der Waals surface area (Å²) < 4.78 is 11.9. The molecule has 0 spiro atoms. The first-order chi connectivity index (χ1) is 9.13. The lowest BCUT2D eigenvalue weighted by Crippen LogP contribution is -2.22. The Morgan fingerprint density at radius 2 is 1.74 bits per heavy atom. The summed E-state index contributed by atoms with van der Waals surface area (Å²) in [6, 6.07) is 3.81. The second-order valence-electron chi connectivity index (χ2n) is 4.89. The topological polar surface area (TPSA) is 52.6 Å². The molecule has 1 aliphatic heterocycles. The molecule has 1 saturated carbocycles. The molecule has 0 aromatic heterocycles. The molecule has 1 aromatic rings. The largest absolute Gasteiger partial charge is 0.486 e. The van der Waals surface area contributed by atoms with Gasteiger partial charge in [-0.3, -0.25) is 9.59 Å². The van der Waals surface area contributed by atoms with Gasteiger partial charge in [-0.05, 0) is 39.5 Å². The molecule has 2 aliphatic rings. The first-order valence-electron chi connectivity index (χ1n) is 6.26. The number of ketones is 2. The van der Waals surface area contributed by atoms with E-state index in [1.807, 2.05) is 12.1 Å². The minimum Gasteiger partial charge on any atom is -0.486 e. The minimum absolute atomic E-state index is 0.0206. The van der Waals surface area contributed by atoms with E-state index < -0.39 is 0 Å². The van der Waals surface area contributed by atoms with Gasteiger partial charge in [-0.2, -0.15) is 0 Å². The number of rotatable bonds is 1. The number of Topliss-reactive ketones (excluding diaryl/α,β-unsaturated/α-hetero) is 2. The van der Waals surface area contributed by atoms with Crippen molar-refractivity contribution < 1.29 is 19.1 Å². The number of hydrogen-bond acceptors (Lipinski definition) is 4. The van der Waals surface area contributed by atoms with Crippen LogP contribution in [0.3, 0.4) is 0 Å². The number of hydrogen-bond donors (Lipinski definition) is 0. The Labute approximate surface area is 119 Å². The number of carbonyl (C=O) groups is 2. The molecule has 1 aromatic carbocycles. The Morgan fingerprint density at radius 3 is 2.47 bits per heavy atom. The van der Waals surface area contributed by atoms with E-state index >= 15 is 0 Å². The van der Waals surface area contributed by atoms with Crippen molar-refractivity contribution in [3.63, 3.8) is 0 Å². The van der Waals surface area contributed by atoms with E-state index in [2.05, 4.69) is 15.9 Å². The van der Waals surface area contributed by atoms with Gasteiger partial charge in [-0.1, -0.05) is 0 Å². The van der Waals surface area contributed by atoms with Crippen LogP contribution in [0.2, 0.25) is 0 Å². The fraction of sp³-hybridized carbons (Fsp3) is 0.429. The summed E-state index contributed by atoms with van der Waals surface area (Å²) in [6.07, 6.45) is 0.942. The molecule has 1 fully saturated rings. The molecule has 3 rings (SSSR count). The predicted octanol–water partition coefficient (Wildman–Crippen LogP) is 2.63. The molecule has 0 radical (unpaired) electrons. The van der Waals surface area contributed by atoms with E-state index in [4.69, 9.17) is 9.47 Å². The Bertz CT molecular complexity index is 537. The molecule has 4 nitrogen and oxygen atoms in total. The maximum atomic E-state index is 11.5. The molecule has 0 atom stereocenters. The molecular weight excluding hydrogens is 312 g/mol. The first kappa shape index (κ1) is 12.7. The number of benzene rings is 1. The quantitative estimate of drug-likeness (QED) is 0.745. The highest BCUT2D eigenvalue weighted by Crippen LogP contribution is 2.42. The van der Waals surface area contributed by atoms with Crippen molar-refractivity contribution in [2.75, 3.05) is 13.2 Å². The lowest BCUT2D eigenvalue weighted by atomic mass is 9.82. The van der Waals surface area contributed by atoms with Crippen molar-refractivity contribution in [2.24, 2.45) is 0 Å². The zero-order valence-corrected chi connectivity index (χ0v) is 11.9. The highest BCUT2D eigenvalue weighted by molar-refractivity contribution is 9.10. The summed E-state index contributed by atoms with van der Waals surface area (Å²) in [5, 5.41) is 0. The molecule has 1 heterocycles. The molecule has 0 bridgehead atoms. The third-order valence-corrected chi connectivity index (χ3v) is 4.02. The lowest BCUT2D eigenvalue weighted by Gasteiger charge is -2.24. The van der Waals surface area contributed by atoms with Crippen LogP contribution >= 0.6 is 15.9 Å². The van der Waals surface area contributed by atoms with Crippen LogP contribution in [0.1, 0.15) is 30.7 Å². The fourth-order valence-electron chi connectivity index (χ4n) is 2.59. The SMILES string of the molecule is O=C1CC(=O)CC(c2cc(Br)c3c(c2)OCCO3)C1. The molecule has 0 saturated heterocycles. The average Bonchev–Trinajstić information content (AvgIpc) is 2.37. The number of fused-ring (bicyclic) bond motifs is 1. The highest BCUT2D eigenvalue weighted by atomic mass is 79.9. The van der Waals surface area contributed by atoms with E-state index in [-0.39, 0.29) is 23.9 Å². The van der Waals surface area contributed by atoms with E-state index in [9.17, 15) is 9.59 Å². The van der Waals surface area contributed by atoms with E-state index in [0.717, 1.165) is 10.0 Å². The number of halogens is 1. The van der Waals surface area contributed by atoms with Crippen molar-refractivity contribution in [3.8, 4) is 11.5 Å². The summed E-state index contributed by atoms with van der Waals surface area (Å²) in [5.41, 5.74) is 0.956. The highest BCUT2D eigenvalue weighted by Gasteiger charge is 2.28. The summed E-state index contributed by atoms with van der Waals surface area (Å²) >= 11 is 3.45. The van der Waals surface area contributed by atoms with Crippen molar-refractivity contribution in [2.45, 2.75) is 25.2 Å². The third kappa shape index (κ3) is 2.52. The Kier molecular flexibility index (Phi) is 3.31. The minimum atomic E-state index is -0.0409. The number of carbonyl (C=O) groups excluding carboxylic acids is 2. The molecule has 5 heteroatoms. The van der Waals surface area contributed by atoms with Crippen LogP contribution in [-0.2, 0) is 9.59 Å².